The van der Waals surface area contributed by atoms with Gasteiger partial charge in [-0.2, -0.15) is 0 Å². The second-order valence-corrected chi connectivity index (χ2v) is 6.78. The third-order valence-corrected chi connectivity index (χ3v) is 5.15. The first-order valence-corrected chi connectivity index (χ1v) is 8.78. The predicted octanol–water partition coefficient (Wildman–Crippen LogP) is 3.36. The maximum atomic E-state index is 12.8. The standard InChI is InChI=1S/C21H22N2O3.ClH/c1-25-16-7-8-17-15(13-26-20(17)10-16)9-21(24)23-11-18(19(22)12-23)14-5-3-2-4-6-14;/h2-8,10,13,18-19H,9,11-12,22H2,1H3;1H/t18-,19+;/m0./s1. The Kier molecular flexibility index (Phi) is 5.73. The molecule has 2 heterocycles. The van der Waals surface area contributed by atoms with Crippen molar-refractivity contribution >= 4 is 29.3 Å². The summed E-state index contributed by atoms with van der Waals surface area (Å²) in [4.78, 5) is 14.7. The zero-order valence-electron chi connectivity index (χ0n) is 15.1. The molecule has 142 valence electrons. The molecule has 2 atom stereocenters. The largest absolute Gasteiger partial charge is 0.497 e. The molecule has 2 N–H and O–H groups in total. The zero-order valence-corrected chi connectivity index (χ0v) is 15.9. The van der Waals surface area contributed by atoms with E-state index >= 15 is 0 Å². The van der Waals surface area contributed by atoms with E-state index in [2.05, 4.69) is 12.1 Å². The van der Waals surface area contributed by atoms with E-state index in [1.165, 1.54) is 5.56 Å². The van der Waals surface area contributed by atoms with E-state index in [1.807, 2.05) is 41.3 Å². The van der Waals surface area contributed by atoms with Crippen molar-refractivity contribution in [3.8, 4) is 5.75 Å². The van der Waals surface area contributed by atoms with Gasteiger partial charge in [-0.1, -0.05) is 30.3 Å². The van der Waals surface area contributed by atoms with Crippen LogP contribution in [0.25, 0.3) is 11.0 Å². The lowest BCUT2D eigenvalue weighted by Gasteiger charge is -2.16. The number of fused-ring (bicyclic) bond motifs is 1. The number of hydrogen-bond donors (Lipinski definition) is 1. The van der Waals surface area contributed by atoms with Gasteiger partial charge in [0, 0.05) is 42.1 Å². The first kappa shape index (κ1) is 19.3. The van der Waals surface area contributed by atoms with E-state index in [-0.39, 0.29) is 30.3 Å². The number of nitrogens with two attached hydrogens (primary N) is 1. The van der Waals surface area contributed by atoms with Crippen LogP contribution in [-0.4, -0.2) is 37.0 Å². The topological polar surface area (TPSA) is 68.7 Å². The summed E-state index contributed by atoms with van der Waals surface area (Å²) in [5.41, 5.74) is 9.12. The number of carbonyl (C=O) groups excluding carboxylic acids is 1. The molecular formula is C21H23ClN2O3. The van der Waals surface area contributed by atoms with Crippen molar-refractivity contribution in [3.05, 3.63) is 65.9 Å². The molecule has 0 saturated carbocycles. The van der Waals surface area contributed by atoms with E-state index in [0.717, 1.165) is 22.3 Å². The van der Waals surface area contributed by atoms with Crippen LogP contribution in [0.15, 0.2) is 59.2 Å². The summed E-state index contributed by atoms with van der Waals surface area (Å²) in [7, 11) is 1.62. The number of likely N-dealkylation sites (tertiary alicyclic amines) is 1. The summed E-state index contributed by atoms with van der Waals surface area (Å²) in [5.74, 6) is 1.00. The van der Waals surface area contributed by atoms with Gasteiger partial charge in [-0.05, 0) is 17.7 Å². The Morgan fingerprint density at radius 2 is 2.00 bits per heavy atom. The maximum Gasteiger partial charge on any atom is 0.227 e. The lowest BCUT2D eigenvalue weighted by molar-refractivity contribution is -0.129. The van der Waals surface area contributed by atoms with Gasteiger partial charge in [0.25, 0.3) is 0 Å². The molecule has 1 aliphatic rings. The molecule has 1 aromatic heterocycles. The van der Waals surface area contributed by atoms with Crippen molar-refractivity contribution in [1.29, 1.82) is 0 Å². The Morgan fingerprint density at radius 1 is 1.22 bits per heavy atom. The van der Waals surface area contributed by atoms with E-state index in [4.69, 9.17) is 14.9 Å². The fourth-order valence-corrected chi connectivity index (χ4v) is 3.69. The molecule has 4 rings (SSSR count). The lowest BCUT2D eigenvalue weighted by atomic mass is 9.95. The van der Waals surface area contributed by atoms with E-state index in [1.54, 1.807) is 13.4 Å². The van der Waals surface area contributed by atoms with Gasteiger partial charge in [0.05, 0.1) is 19.8 Å². The fourth-order valence-electron chi connectivity index (χ4n) is 3.69. The second kappa shape index (κ2) is 8.03. The lowest BCUT2D eigenvalue weighted by Crippen LogP contribution is -2.33. The number of benzene rings is 2. The van der Waals surface area contributed by atoms with Gasteiger partial charge in [0.15, 0.2) is 0 Å². The van der Waals surface area contributed by atoms with Crippen LogP contribution in [0.1, 0.15) is 17.0 Å². The number of ether oxygens (including phenoxy) is 1. The van der Waals surface area contributed by atoms with Crippen LogP contribution in [0.3, 0.4) is 0 Å². The van der Waals surface area contributed by atoms with Crippen molar-refractivity contribution in [2.45, 2.75) is 18.4 Å². The van der Waals surface area contributed by atoms with Crippen LogP contribution in [0.2, 0.25) is 0 Å². The highest BCUT2D eigenvalue weighted by Crippen LogP contribution is 2.29. The first-order chi connectivity index (χ1) is 12.7. The van der Waals surface area contributed by atoms with Crippen LogP contribution in [0.4, 0.5) is 0 Å². The molecule has 5 nitrogen and oxygen atoms in total. The van der Waals surface area contributed by atoms with E-state index in [9.17, 15) is 4.79 Å². The molecule has 1 fully saturated rings. The molecule has 6 heteroatoms. The number of methoxy groups -OCH3 is 1. The van der Waals surface area contributed by atoms with Gasteiger partial charge in [-0.25, -0.2) is 0 Å². The minimum absolute atomic E-state index is 0. The molecule has 0 spiro atoms. The molecule has 2 aromatic carbocycles. The van der Waals surface area contributed by atoms with Gasteiger partial charge in [-0.3, -0.25) is 4.79 Å². The Hall–Kier alpha value is -2.50. The average Bonchev–Trinajstić information content (AvgIpc) is 3.25. The first-order valence-electron chi connectivity index (χ1n) is 8.78. The number of rotatable bonds is 4. The maximum absolute atomic E-state index is 12.8. The summed E-state index contributed by atoms with van der Waals surface area (Å²) in [6.07, 6.45) is 1.97. The average molecular weight is 387 g/mol. The highest BCUT2D eigenvalue weighted by atomic mass is 35.5. The molecule has 0 aliphatic carbocycles. The van der Waals surface area contributed by atoms with Crippen molar-refractivity contribution in [2.24, 2.45) is 5.73 Å². The summed E-state index contributed by atoms with van der Waals surface area (Å²) >= 11 is 0. The third kappa shape index (κ3) is 3.80. The Morgan fingerprint density at radius 3 is 2.74 bits per heavy atom. The van der Waals surface area contributed by atoms with Crippen molar-refractivity contribution in [2.75, 3.05) is 20.2 Å². The zero-order chi connectivity index (χ0) is 18.1. The second-order valence-electron chi connectivity index (χ2n) is 6.78. The van der Waals surface area contributed by atoms with Crippen LogP contribution in [-0.2, 0) is 11.2 Å². The van der Waals surface area contributed by atoms with Gasteiger partial charge < -0.3 is 19.8 Å². The van der Waals surface area contributed by atoms with Gasteiger partial charge in [-0.15, -0.1) is 12.4 Å². The summed E-state index contributed by atoms with van der Waals surface area (Å²) in [6.45, 7) is 1.25. The van der Waals surface area contributed by atoms with Gasteiger partial charge in [0.2, 0.25) is 5.91 Å². The highest BCUT2D eigenvalue weighted by Gasteiger charge is 2.33. The van der Waals surface area contributed by atoms with Crippen molar-refractivity contribution in [3.63, 3.8) is 0 Å². The van der Waals surface area contributed by atoms with Crippen LogP contribution >= 0.6 is 12.4 Å². The predicted molar refractivity (Wildman–Crippen MR) is 107 cm³/mol. The number of amides is 1. The molecular weight excluding hydrogens is 364 g/mol. The quantitative estimate of drug-likeness (QED) is 0.746. The van der Waals surface area contributed by atoms with Crippen LogP contribution in [0, 0.1) is 0 Å². The van der Waals surface area contributed by atoms with Crippen molar-refractivity contribution in [1.82, 2.24) is 4.90 Å². The number of carbonyl (C=O) groups is 1. The molecule has 0 radical (unpaired) electrons. The van der Waals surface area contributed by atoms with Crippen molar-refractivity contribution < 1.29 is 13.9 Å². The molecule has 1 saturated heterocycles. The summed E-state index contributed by atoms with van der Waals surface area (Å²) in [6, 6.07) is 15.8. The highest BCUT2D eigenvalue weighted by molar-refractivity contribution is 5.88. The number of hydrogen-bond acceptors (Lipinski definition) is 4. The molecule has 3 aromatic rings. The molecule has 27 heavy (non-hydrogen) atoms. The normalized spacial score (nSPS) is 19.1. The molecule has 1 aliphatic heterocycles. The minimum atomic E-state index is -0.0355. The Balaban J connectivity index is 0.00000210. The summed E-state index contributed by atoms with van der Waals surface area (Å²) < 4.78 is 10.8. The Labute approximate surface area is 164 Å². The summed E-state index contributed by atoms with van der Waals surface area (Å²) in [5, 5.41) is 0.947. The number of halogens is 1. The fraction of sp³-hybridized carbons (Fsp3) is 0.286. The number of furan rings is 1. The molecule has 1 amide bonds. The minimum Gasteiger partial charge on any atom is -0.497 e. The van der Waals surface area contributed by atoms with E-state index in [0.29, 0.717) is 19.5 Å². The monoisotopic (exact) mass is 386 g/mol. The van der Waals surface area contributed by atoms with Crippen LogP contribution in [0.5, 0.6) is 5.75 Å². The molecule has 0 bridgehead atoms. The van der Waals surface area contributed by atoms with Crippen LogP contribution < -0.4 is 10.5 Å². The SMILES string of the molecule is COc1ccc2c(CC(=O)N3C[C@@H](N)[C@H](c4ccccc4)C3)coc2c1.Cl. The third-order valence-electron chi connectivity index (χ3n) is 5.15. The Bertz CT molecular complexity index is 926. The van der Waals surface area contributed by atoms with Gasteiger partial charge >= 0.3 is 0 Å². The smallest absolute Gasteiger partial charge is 0.227 e. The molecule has 0 unspecified atom stereocenters. The van der Waals surface area contributed by atoms with Gasteiger partial charge in [0.1, 0.15) is 11.3 Å². The van der Waals surface area contributed by atoms with E-state index < -0.39 is 0 Å². The number of nitrogens with zero attached hydrogens (tertiary/aromatic N) is 1.